The second kappa shape index (κ2) is 7.99. The van der Waals surface area contributed by atoms with Gasteiger partial charge in [0.2, 0.25) is 5.91 Å². The quantitative estimate of drug-likeness (QED) is 0.867. The second-order valence-electron chi connectivity index (χ2n) is 6.49. The molecular formula is C19H25N3O2. The summed E-state index contributed by atoms with van der Waals surface area (Å²) >= 11 is 0. The third kappa shape index (κ3) is 4.37. The van der Waals surface area contributed by atoms with E-state index in [0.29, 0.717) is 0 Å². The Bertz CT molecular complexity index is 586. The van der Waals surface area contributed by atoms with Gasteiger partial charge in [-0.1, -0.05) is 30.3 Å². The Balaban J connectivity index is 1.42. The van der Waals surface area contributed by atoms with Gasteiger partial charge >= 0.3 is 6.03 Å². The first-order valence-electron chi connectivity index (χ1n) is 8.80. The number of carbonyl (C=O) groups is 2. The summed E-state index contributed by atoms with van der Waals surface area (Å²) in [5.41, 5.74) is 1.01. The molecular weight excluding hydrogens is 302 g/mol. The van der Waals surface area contributed by atoms with E-state index in [2.05, 4.69) is 5.32 Å². The number of hydrogen-bond acceptors (Lipinski definition) is 2. The van der Waals surface area contributed by atoms with E-state index in [4.69, 9.17) is 0 Å². The zero-order valence-corrected chi connectivity index (χ0v) is 14.0. The van der Waals surface area contributed by atoms with Crippen molar-refractivity contribution < 1.29 is 9.59 Å². The summed E-state index contributed by atoms with van der Waals surface area (Å²) < 4.78 is 0. The molecule has 0 aliphatic carbocycles. The number of hydrogen-bond donors (Lipinski definition) is 1. The molecule has 5 heteroatoms. The number of likely N-dealkylation sites (tertiary alicyclic amines) is 2. The minimum atomic E-state index is -0.0665. The predicted molar refractivity (Wildman–Crippen MR) is 94.4 cm³/mol. The molecule has 2 saturated heterocycles. The molecule has 3 amide bonds. The van der Waals surface area contributed by atoms with E-state index >= 15 is 0 Å². The molecule has 0 bridgehead atoms. The van der Waals surface area contributed by atoms with Crippen LogP contribution in [0.4, 0.5) is 4.79 Å². The van der Waals surface area contributed by atoms with E-state index in [0.717, 1.165) is 57.4 Å². The fraction of sp³-hybridized carbons (Fsp3) is 0.474. The van der Waals surface area contributed by atoms with Crippen molar-refractivity contribution in [3.05, 3.63) is 42.0 Å². The molecule has 5 nitrogen and oxygen atoms in total. The van der Waals surface area contributed by atoms with Crippen LogP contribution in [0.2, 0.25) is 0 Å². The van der Waals surface area contributed by atoms with Crippen molar-refractivity contribution in [1.29, 1.82) is 0 Å². The van der Waals surface area contributed by atoms with E-state index in [1.54, 1.807) is 6.08 Å². The van der Waals surface area contributed by atoms with Gasteiger partial charge in [0, 0.05) is 38.3 Å². The Kier molecular flexibility index (Phi) is 5.51. The summed E-state index contributed by atoms with van der Waals surface area (Å²) in [6, 6.07) is 10.1. The van der Waals surface area contributed by atoms with E-state index in [-0.39, 0.29) is 18.0 Å². The van der Waals surface area contributed by atoms with Crippen molar-refractivity contribution in [3.8, 4) is 0 Å². The summed E-state index contributed by atoms with van der Waals surface area (Å²) in [6.07, 6.45) is 7.28. The fourth-order valence-electron chi connectivity index (χ4n) is 3.31. The average molecular weight is 327 g/mol. The largest absolute Gasteiger partial charge is 0.350 e. The van der Waals surface area contributed by atoms with Crippen molar-refractivity contribution in [2.45, 2.75) is 31.7 Å². The summed E-state index contributed by atoms with van der Waals surface area (Å²) in [7, 11) is 0. The third-order valence-corrected chi connectivity index (χ3v) is 4.72. The SMILES string of the molecule is O=C(/C=C/c1ccccc1)NC1CCN(C(=O)N2CCCC2)CC1. The minimum absolute atomic E-state index is 0.0665. The molecule has 2 aliphatic rings. The lowest BCUT2D eigenvalue weighted by atomic mass is 10.1. The van der Waals surface area contributed by atoms with Crippen molar-refractivity contribution in [1.82, 2.24) is 15.1 Å². The summed E-state index contributed by atoms with van der Waals surface area (Å²) in [4.78, 5) is 28.2. The van der Waals surface area contributed by atoms with Crippen LogP contribution in [0, 0.1) is 0 Å². The molecule has 1 aromatic carbocycles. The molecule has 0 saturated carbocycles. The Morgan fingerprint density at radius 1 is 0.958 bits per heavy atom. The van der Waals surface area contributed by atoms with Gasteiger partial charge in [-0.05, 0) is 37.3 Å². The number of piperidine rings is 1. The Labute approximate surface area is 143 Å². The molecule has 128 valence electrons. The lowest BCUT2D eigenvalue weighted by Gasteiger charge is -2.34. The van der Waals surface area contributed by atoms with Crippen molar-refractivity contribution in [2.24, 2.45) is 0 Å². The molecule has 0 radical (unpaired) electrons. The standard InChI is InChI=1S/C19H25N3O2/c23-18(9-8-16-6-2-1-3-7-16)20-17-10-14-22(15-11-17)19(24)21-12-4-5-13-21/h1-3,6-9,17H,4-5,10-15H2,(H,20,23)/b9-8+. The number of benzene rings is 1. The maximum Gasteiger partial charge on any atom is 0.319 e. The Hall–Kier alpha value is -2.30. The third-order valence-electron chi connectivity index (χ3n) is 4.72. The lowest BCUT2D eigenvalue weighted by molar-refractivity contribution is -0.117. The van der Waals surface area contributed by atoms with Gasteiger partial charge in [-0.15, -0.1) is 0 Å². The summed E-state index contributed by atoms with van der Waals surface area (Å²) in [5.74, 6) is -0.0665. The minimum Gasteiger partial charge on any atom is -0.350 e. The van der Waals surface area contributed by atoms with E-state index in [1.165, 1.54) is 0 Å². The van der Waals surface area contributed by atoms with Crippen LogP contribution in [0.1, 0.15) is 31.2 Å². The number of amides is 3. The molecule has 0 unspecified atom stereocenters. The van der Waals surface area contributed by atoms with Crippen LogP contribution in [0.15, 0.2) is 36.4 Å². The lowest BCUT2D eigenvalue weighted by Crippen LogP contribution is -2.49. The fourth-order valence-corrected chi connectivity index (χ4v) is 3.31. The van der Waals surface area contributed by atoms with Gasteiger partial charge in [0.1, 0.15) is 0 Å². The first kappa shape index (κ1) is 16.6. The van der Waals surface area contributed by atoms with Crippen LogP contribution >= 0.6 is 0 Å². The zero-order chi connectivity index (χ0) is 16.8. The average Bonchev–Trinajstić information content (AvgIpc) is 3.16. The normalized spacial score (nSPS) is 19.0. The van der Waals surface area contributed by atoms with Gasteiger partial charge < -0.3 is 15.1 Å². The molecule has 0 spiro atoms. The predicted octanol–water partition coefficient (Wildman–Crippen LogP) is 2.50. The Morgan fingerprint density at radius 3 is 2.25 bits per heavy atom. The molecule has 3 rings (SSSR count). The molecule has 2 aliphatic heterocycles. The van der Waals surface area contributed by atoms with Gasteiger partial charge in [-0.25, -0.2) is 4.79 Å². The zero-order valence-electron chi connectivity index (χ0n) is 14.0. The maximum absolute atomic E-state index is 12.3. The van der Waals surface area contributed by atoms with Crippen LogP contribution in [-0.2, 0) is 4.79 Å². The molecule has 2 heterocycles. The number of carbonyl (C=O) groups excluding carboxylic acids is 2. The summed E-state index contributed by atoms with van der Waals surface area (Å²) in [5, 5.41) is 3.04. The van der Waals surface area contributed by atoms with Gasteiger partial charge in [0.15, 0.2) is 0 Å². The molecule has 1 aromatic rings. The molecule has 2 fully saturated rings. The smallest absolute Gasteiger partial charge is 0.319 e. The van der Waals surface area contributed by atoms with Crippen molar-refractivity contribution >= 4 is 18.0 Å². The van der Waals surface area contributed by atoms with Crippen LogP contribution in [0.5, 0.6) is 0 Å². The monoisotopic (exact) mass is 327 g/mol. The molecule has 0 atom stereocenters. The first-order chi connectivity index (χ1) is 11.7. The van der Waals surface area contributed by atoms with Gasteiger partial charge in [-0.2, -0.15) is 0 Å². The highest BCUT2D eigenvalue weighted by molar-refractivity contribution is 5.91. The number of nitrogens with one attached hydrogen (secondary N) is 1. The topological polar surface area (TPSA) is 52.7 Å². The Morgan fingerprint density at radius 2 is 1.58 bits per heavy atom. The number of rotatable bonds is 3. The maximum atomic E-state index is 12.3. The van der Waals surface area contributed by atoms with Gasteiger partial charge in [0.25, 0.3) is 0 Å². The van der Waals surface area contributed by atoms with E-state index in [1.807, 2.05) is 46.2 Å². The molecule has 1 N–H and O–H groups in total. The number of nitrogens with zero attached hydrogens (tertiary/aromatic N) is 2. The first-order valence-corrected chi connectivity index (χ1v) is 8.80. The highest BCUT2D eigenvalue weighted by Gasteiger charge is 2.27. The number of urea groups is 1. The van der Waals surface area contributed by atoms with E-state index < -0.39 is 0 Å². The van der Waals surface area contributed by atoms with Crippen LogP contribution < -0.4 is 5.32 Å². The highest BCUT2D eigenvalue weighted by Crippen LogP contribution is 2.16. The highest BCUT2D eigenvalue weighted by atomic mass is 16.2. The molecule has 0 aromatic heterocycles. The van der Waals surface area contributed by atoms with Crippen LogP contribution in [0.3, 0.4) is 0 Å². The molecule has 24 heavy (non-hydrogen) atoms. The summed E-state index contributed by atoms with van der Waals surface area (Å²) in [6.45, 7) is 3.23. The van der Waals surface area contributed by atoms with Gasteiger partial charge in [-0.3, -0.25) is 4.79 Å². The van der Waals surface area contributed by atoms with Crippen LogP contribution in [0.25, 0.3) is 6.08 Å². The van der Waals surface area contributed by atoms with Crippen molar-refractivity contribution in [3.63, 3.8) is 0 Å². The van der Waals surface area contributed by atoms with Crippen LogP contribution in [-0.4, -0.2) is 54.0 Å². The van der Waals surface area contributed by atoms with E-state index in [9.17, 15) is 9.59 Å². The second-order valence-corrected chi connectivity index (χ2v) is 6.49. The van der Waals surface area contributed by atoms with Crippen molar-refractivity contribution in [2.75, 3.05) is 26.2 Å². The van der Waals surface area contributed by atoms with Gasteiger partial charge in [0.05, 0.1) is 0 Å².